The molecule has 0 amide bonds. The van der Waals surface area contributed by atoms with Crippen molar-refractivity contribution >= 4 is 27.7 Å². The zero-order chi connectivity index (χ0) is 22.6. The van der Waals surface area contributed by atoms with Gasteiger partial charge in [0.1, 0.15) is 11.3 Å². The summed E-state index contributed by atoms with van der Waals surface area (Å²) in [5.74, 6) is 1.13. The van der Waals surface area contributed by atoms with E-state index in [0.717, 1.165) is 22.4 Å². The van der Waals surface area contributed by atoms with Gasteiger partial charge in [-0.1, -0.05) is 56.3 Å². The number of aromatic nitrogens is 1. The molecule has 1 aliphatic carbocycles. The Bertz CT molecular complexity index is 1420. The summed E-state index contributed by atoms with van der Waals surface area (Å²) in [6.45, 7) is 4.69. The first-order valence-corrected chi connectivity index (χ1v) is 12.0. The second kappa shape index (κ2) is 8.87. The predicted octanol–water partition coefficient (Wildman–Crippen LogP) is 6.72. The fourth-order valence-electron chi connectivity index (χ4n) is 4.85. The summed E-state index contributed by atoms with van der Waals surface area (Å²) in [6, 6.07) is 27.1. The number of hydrogen-bond acceptors (Lipinski definition) is 5. The van der Waals surface area contributed by atoms with E-state index in [4.69, 9.17) is 9.73 Å². The summed E-state index contributed by atoms with van der Waals surface area (Å²) in [7, 11) is 0. The van der Waals surface area contributed by atoms with Crippen molar-refractivity contribution in [3.63, 3.8) is 0 Å². The summed E-state index contributed by atoms with van der Waals surface area (Å²) < 4.78 is 6.02. The second-order valence-corrected chi connectivity index (χ2v) is 10.4. The molecule has 2 heterocycles. The van der Waals surface area contributed by atoms with E-state index in [1.54, 1.807) is 18.2 Å². The van der Waals surface area contributed by atoms with E-state index in [2.05, 4.69) is 49.2 Å². The molecule has 0 unspecified atom stereocenters. The monoisotopic (exact) mass is 646 g/mol. The third kappa shape index (κ3) is 4.06. The summed E-state index contributed by atoms with van der Waals surface area (Å²) in [6.07, 6.45) is 1.06. The van der Waals surface area contributed by atoms with Crippen LogP contribution in [0.15, 0.2) is 77.8 Å². The maximum atomic E-state index is 10.1. The van der Waals surface area contributed by atoms with Gasteiger partial charge in [-0.05, 0) is 35.1 Å². The average molecular weight is 647 g/mol. The van der Waals surface area contributed by atoms with E-state index >= 15 is 0 Å². The minimum absolute atomic E-state index is 0. The zero-order valence-electron chi connectivity index (χ0n) is 18.8. The summed E-state index contributed by atoms with van der Waals surface area (Å²) in [5, 5.41) is 12.4. The molecule has 1 N–H and O–H groups in total. The maximum Gasteiger partial charge on any atom is 0.217 e. The minimum atomic E-state index is 0. The van der Waals surface area contributed by atoms with Crippen LogP contribution in [0.1, 0.15) is 36.6 Å². The molecule has 6 rings (SSSR count). The van der Waals surface area contributed by atoms with Crippen LogP contribution in [0.5, 0.6) is 17.4 Å². The van der Waals surface area contributed by atoms with Crippen molar-refractivity contribution in [1.29, 1.82) is 0 Å². The number of aliphatic imine (C=N–C) groups is 1. The van der Waals surface area contributed by atoms with Gasteiger partial charge in [0.05, 0.1) is 6.04 Å². The molecule has 2 aliphatic rings. The first-order chi connectivity index (χ1) is 16.0. The third-order valence-corrected chi connectivity index (χ3v) is 8.16. The van der Waals surface area contributed by atoms with Crippen LogP contribution in [0.25, 0.3) is 10.9 Å². The van der Waals surface area contributed by atoms with Gasteiger partial charge in [0, 0.05) is 48.6 Å². The number of ether oxygens (including phenoxy) is 1. The summed E-state index contributed by atoms with van der Waals surface area (Å²) >= 11 is 1.85. The van der Waals surface area contributed by atoms with E-state index in [0.29, 0.717) is 22.4 Å². The van der Waals surface area contributed by atoms with Crippen molar-refractivity contribution < 1.29 is 30.9 Å². The molecular weight excluding hydrogens is 623 g/mol. The number of thioether (sulfide) groups is 1. The average Bonchev–Trinajstić information content (AvgIpc) is 3.27. The molecular formula is C28H23N2O2PtS-. The van der Waals surface area contributed by atoms with Crippen molar-refractivity contribution in [3.8, 4) is 17.4 Å². The number of fused-ring (bicyclic) bond motifs is 4. The Morgan fingerprint density at radius 1 is 1.00 bits per heavy atom. The van der Waals surface area contributed by atoms with Crippen LogP contribution in [0, 0.1) is 11.5 Å². The Labute approximate surface area is 217 Å². The number of hydrogen-bond donors (Lipinski definition) is 1. The van der Waals surface area contributed by atoms with Crippen molar-refractivity contribution in [2.75, 3.05) is 0 Å². The molecule has 1 aliphatic heterocycles. The second-order valence-electron chi connectivity index (χ2n) is 9.31. The number of pyridine rings is 1. The molecule has 0 fully saturated rings. The van der Waals surface area contributed by atoms with E-state index < -0.39 is 0 Å². The molecule has 34 heavy (non-hydrogen) atoms. The Hall–Kier alpha value is -2.62. The van der Waals surface area contributed by atoms with Gasteiger partial charge in [-0.3, -0.25) is 0 Å². The molecule has 1 aromatic heterocycles. The van der Waals surface area contributed by atoms with Crippen LogP contribution in [0.3, 0.4) is 0 Å². The first-order valence-electron chi connectivity index (χ1n) is 11.1. The van der Waals surface area contributed by atoms with Crippen LogP contribution in [0.2, 0.25) is 0 Å². The number of aromatic hydroxyl groups is 1. The molecule has 6 heteroatoms. The van der Waals surface area contributed by atoms with E-state index in [9.17, 15) is 5.11 Å². The maximum absolute atomic E-state index is 10.1. The zero-order valence-corrected chi connectivity index (χ0v) is 21.9. The van der Waals surface area contributed by atoms with Gasteiger partial charge in [0.2, 0.25) is 5.88 Å². The van der Waals surface area contributed by atoms with E-state index in [1.165, 1.54) is 11.1 Å². The Morgan fingerprint density at radius 3 is 2.71 bits per heavy atom. The molecule has 0 radical (unpaired) electrons. The molecule has 0 bridgehead atoms. The van der Waals surface area contributed by atoms with Crippen molar-refractivity contribution in [1.82, 2.24) is 4.98 Å². The molecule has 0 saturated heterocycles. The number of benzene rings is 3. The Kier molecular flexibility index (Phi) is 6.03. The number of phenolic OH excluding ortho intramolecular Hbond substituents is 1. The molecule has 4 aromatic rings. The predicted molar refractivity (Wildman–Crippen MR) is 133 cm³/mol. The van der Waals surface area contributed by atoms with E-state index in [1.807, 2.05) is 42.1 Å². The summed E-state index contributed by atoms with van der Waals surface area (Å²) in [4.78, 5) is 9.63. The molecule has 174 valence electrons. The van der Waals surface area contributed by atoms with Gasteiger partial charge in [-0.2, -0.15) is 11.8 Å². The largest absolute Gasteiger partial charge is 0.506 e. The van der Waals surface area contributed by atoms with Gasteiger partial charge >= 0.3 is 0 Å². The molecule has 2 atom stereocenters. The van der Waals surface area contributed by atoms with Gasteiger partial charge < -0.3 is 14.8 Å². The van der Waals surface area contributed by atoms with Crippen LogP contribution >= 0.6 is 11.8 Å². The Morgan fingerprint density at radius 2 is 1.82 bits per heavy atom. The summed E-state index contributed by atoms with van der Waals surface area (Å²) in [5.41, 5.74) is 4.36. The van der Waals surface area contributed by atoms with Gasteiger partial charge in [0.15, 0.2) is 0 Å². The SMILES string of the molecule is CC1(C)Cc2ccccc2[C@@H]2N=C(c3[c-]c(Oc4ccc5cccc(O)c5n4)ccc3)S[C@H]21.[Pt]. The number of nitrogens with zero attached hydrogens (tertiary/aromatic N) is 2. The fourth-order valence-corrected chi connectivity index (χ4v) is 6.25. The normalized spacial score (nSPS) is 20.1. The van der Waals surface area contributed by atoms with Crippen molar-refractivity contribution in [2.45, 2.75) is 31.6 Å². The first kappa shape index (κ1) is 23.1. The van der Waals surface area contributed by atoms with Gasteiger partial charge in [-0.25, -0.2) is 4.98 Å². The molecule has 4 nitrogen and oxygen atoms in total. The quantitative estimate of drug-likeness (QED) is 0.252. The van der Waals surface area contributed by atoms with Crippen molar-refractivity contribution in [2.24, 2.45) is 10.4 Å². The molecule has 0 saturated carbocycles. The topological polar surface area (TPSA) is 54.7 Å². The molecule has 0 spiro atoms. The third-order valence-electron chi connectivity index (χ3n) is 6.46. The molecule has 3 aromatic carbocycles. The van der Waals surface area contributed by atoms with Gasteiger partial charge in [-0.15, -0.1) is 23.8 Å². The van der Waals surface area contributed by atoms with Crippen LogP contribution < -0.4 is 4.74 Å². The number of phenols is 1. The number of rotatable bonds is 3. The van der Waals surface area contributed by atoms with Gasteiger partial charge in [0.25, 0.3) is 0 Å². The fraction of sp³-hybridized carbons (Fsp3) is 0.214. The van der Waals surface area contributed by atoms with E-state index in [-0.39, 0.29) is 38.3 Å². The van der Waals surface area contributed by atoms with Crippen LogP contribution in [-0.4, -0.2) is 20.4 Å². The number of para-hydroxylation sites is 1. The minimum Gasteiger partial charge on any atom is -0.506 e. The smallest absolute Gasteiger partial charge is 0.217 e. The van der Waals surface area contributed by atoms with Crippen LogP contribution in [-0.2, 0) is 27.5 Å². The van der Waals surface area contributed by atoms with Crippen LogP contribution in [0.4, 0.5) is 0 Å². The van der Waals surface area contributed by atoms with Crippen molar-refractivity contribution in [3.05, 3.63) is 95.6 Å². The standard InChI is InChI=1S/C28H23N2O2S.Pt/c1-28(2)16-19-7-3-4-11-21(19)25-26(28)33-27(30-25)18-9-5-10-20(15-18)32-23-14-13-17-8-6-12-22(31)24(17)29-23;/h3-14,25-26,31H,16H2,1-2H3;/q-1;/t25-,26+;/m0./s1. The Balaban J connectivity index is 0.00000241.